The highest BCUT2D eigenvalue weighted by atomic mass is 19.1. The number of rotatable bonds is 4. The van der Waals surface area contributed by atoms with Gasteiger partial charge in [-0.3, -0.25) is 0 Å². The summed E-state index contributed by atoms with van der Waals surface area (Å²) in [6.07, 6.45) is 0. The second kappa shape index (κ2) is 12.2. The molecule has 2 aromatic heterocycles. The molecule has 0 saturated heterocycles. The number of ether oxygens (including phenoxy) is 1. The number of hydrogen-bond acceptors (Lipinski definition) is 5. The van der Waals surface area contributed by atoms with Crippen molar-refractivity contribution in [3.63, 3.8) is 0 Å². The SMILES string of the molecule is Fc1ccc2oc(-c3cc(-c4ccc(-c5ccc6c(c5)C5(c7ccccc7Oc7ccccc75)c5ccccc5-6)cc4)cc(-c4nc5cc(F)ccc5o4)c3)nc2c1. The van der Waals surface area contributed by atoms with Crippen molar-refractivity contribution in [2.45, 2.75) is 5.41 Å². The summed E-state index contributed by atoms with van der Waals surface area (Å²) in [7, 11) is 0. The van der Waals surface area contributed by atoms with Crippen LogP contribution in [0, 0.1) is 11.6 Å². The first-order chi connectivity index (χ1) is 28.5. The second-order valence-corrected chi connectivity index (χ2v) is 14.8. The molecule has 274 valence electrons. The van der Waals surface area contributed by atoms with Crippen LogP contribution in [0.1, 0.15) is 22.3 Å². The summed E-state index contributed by atoms with van der Waals surface area (Å²) >= 11 is 0. The number of nitrogens with zero attached hydrogens (tertiary/aromatic N) is 2. The van der Waals surface area contributed by atoms with E-state index in [2.05, 4.69) is 113 Å². The smallest absolute Gasteiger partial charge is 0.227 e. The largest absolute Gasteiger partial charge is 0.457 e. The average Bonchev–Trinajstić information content (AvgIpc) is 3.97. The molecule has 58 heavy (non-hydrogen) atoms. The number of fused-ring (bicyclic) bond motifs is 11. The monoisotopic (exact) mass is 754 g/mol. The van der Waals surface area contributed by atoms with E-state index in [4.69, 9.17) is 13.6 Å². The molecule has 1 aliphatic heterocycles. The van der Waals surface area contributed by atoms with Crippen LogP contribution in [0.4, 0.5) is 8.78 Å². The van der Waals surface area contributed by atoms with E-state index < -0.39 is 17.0 Å². The van der Waals surface area contributed by atoms with Gasteiger partial charge < -0.3 is 13.6 Å². The highest BCUT2D eigenvalue weighted by Crippen LogP contribution is 2.62. The molecule has 0 radical (unpaired) electrons. The molecule has 0 unspecified atom stereocenters. The third kappa shape index (κ3) is 4.80. The Morgan fingerprint density at radius 2 is 0.862 bits per heavy atom. The van der Waals surface area contributed by atoms with Crippen molar-refractivity contribution in [2.75, 3.05) is 0 Å². The minimum atomic E-state index is -0.558. The standard InChI is InChI=1S/C51H28F2N2O3/c52-35-18-21-47-43(27-35)54-49(57-47)33-23-32(24-34(25-33)50-55-44-28-36(53)19-22-48(44)58-50)30-15-13-29(14-16-30)31-17-20-38-37-7-1-2-8-39(37)51(42(38)26-31)40-9-3-5-11-45(40)56-46-12-6-4-10-41(46)51/h1-28H. The highest BCUT2D eigenvalue weighted by molar-refractivity contribution is 5.91. The van der Waals surface area contributed by atoms with Crippen LogP contribution in [0.5, 0.6) is 11.5 Å². The number of oxazole rings is 2. The Morgan fingerprint density at radius 3 is 1.47 bits per heavy atom. The Bertz CT molecular complexity index is 3170. The zero-order valence-electron chi connectivity index (χ0n) is 30.5. The van der Waals surface area contributed by atoms with Gasteiger partial charge in [0, 0.05) is 34.4 Å². The maximum absolute atomic E-state index is 14.1. The van der Waals surface area contributed by atoms with Crippen molar-refractivity contribution in [1.82, 2.24) is 9.97 Å². The lowest BCUT2D eigenvalue weighted by Gasteiger charge is -2.39. The van der Waals surface area contributed by atoms with Gasteiger partial charge in [0.05, 0.1) is 5.41 Å². The molecule has 0 saturated carbocycles. The van der Waals surface area contributed by atoms with Crippen molar-refractivity contribution in [2.24, 2.45) is 0 Å². The molecule has 0 N–H and O–H groups in total. The summed E-state index contributed by atoms with van der Waals surface area (Å²) in [5.41, 5.74) is 13.6. The van der Waals surface area contributed by atoms with Crippen LogP contribution in [-0.2, 0) is 5.41 Å². The molecule has 7 heteroatoms. The van der Waals surface area contributed by atoms with Crippen molar-refractivity contribution in [1.29, 1.82) is 0 Å². The molecule has 0 bridgehead atoms. The Morgan fingerprint density at radius 1 is 0.379 bits per heavy atom. The number of benzene rings is 8. The first kappa shape index (κ1) is 32.6. The maximum Gasteiger partial charge on any atom is 0.227 e. The lowest BCUT2D eigenvalue weighted by Crippen LogP contribution is -2.32. The predicted molar refractivity (Wildman–Crippen MR) is 221 cm³/mol. The zero-order valence-corrected chi connectivity index (χ0v) is 30.5. The molecule has 2 aliphatic rings. The van der Waals surface area contributed by atoms with Gasteiger partial charge in [-0.1, -0.05) is 97.1 Å². The van der Waals surface area contributed by atoms with Gasteiger partial charge in [-0.15, -0.1) is 0 Å². The van der Waals surface area contributed by atoms with Gasteiger partial charge in [0.15, 0.2) is 11.2 Å². The van der Waals surface area contributed by atoms with E-state index in [0.29, 0.717) is 45.1 Å². The van der Waals surface area contributed by atoms with Gasteiger partial charge in [0.2, 0.25) is 11.8 Å². The fraction of sp³-hybridized carbons (Fsp3) is 0.0196. The minimum Gasteiger partial charge on any atom is -0.457 e. The van der Waals surface area contributed by atoms with Gasteiger partial charge in [0.1, 0.15) is 34.2 Å². The van der Waals surface area contributed by atoms with E-state index >= 15 is 0 Å². The van der Waals surface area contributed by atoms with E-state index in [1.807, 2.05) is 30.3 Å². The van der Waals surface area contributed by atoms with E-state index in [-0.39, 0.29) is 0 Å². The van der Waals surface area contributed by atoms with Crippen LogP contribution >= 0.6 is 0 Å². The van der Waals surface area contributed by atoms with Gasteiger partial charge in [-0.25, -0.2) is 18.7 Å². The van der Waals surface area contributed by atoms with E-state index in [1.165, 1.54) is 46.5 Å². The maximum atomic E-state index is 14.1. The number of halogens is 2. The third-order valence-electron chi connectivity index (χ3n) is 11.5. The summed E-state index contributed by atoms with van der Waals surface area (Å²) in [6.45, 7) is 0. The second-order valence-electron chi connectivity index (χ2n) is 14.8. The highest BCUT2D eigenvalue weighted by Gasteiger charge is 2.51. The Hall–Kier alpha value is -7.64. The third-order valence-corrected chi connectivity index (χ3v) is 11.5. The van der Waals surface area contributed by atoms with E-state index in [9.17, 15) is 8.78 Å². The van der Waals surface area contributed by atoms with Gasteiger partial charge in [0.25, 0.3) is 0 Å². The lowest BCUT2D eigenvalue weighted by molar-refractivity contribution is 0.436. The molecular weight excluding hydrogens is 727 g/mol. The van der Waals surface area contributed by atoms with Crippen LogP contribution in [0.3, 0.4) is 0 Å². The fourth-order valence-electron chi connectivity index (χ4n) is 8.98. The molecule has 0 amide bonds. The van der Waals surface area contributed by atoms with Gasteiger partial charge in [-0.2, -0.15) is 0 Å². The zero-order chi connectivity index (χ0) is 38.5. The summed E-state index contributed by atoms with van der Waals surface area (Å²) in [6, 6.07) is 55.1. The quantitative estimate of drug-likeness (QED) is 0.179. The minimum absolute atomic E-state index is 0.326. The van der Waals surface area contributed by atoms with Gasteiger partial charge >= 0.3 is 0 Å². The fourth-order valence-corrected chi connectivity index (χ4v) is 8.98. The molecule has 1 aliphatic carbocycles. The summed E-state index contributed by atoms with van der Waals surface area (Å²) < 4.78 is 47.0. The van der Waals surface area contributed by atoms with E-state index in [0.717, 1.165) is 44.9 Å². The van der Waals surface area contributed by atoms with Crippen molar-refractivity contribution < 1.29 is 22.4 Å². The van der Waals surface area contributed by atoms with E-state index in [1.54, 1.807) is 12.1 Å². The lowest BCUT2D eigenvalue weighted by atomic mass is 9.66. The number of aromatic nitrogens is 2. The molecule has 0 atom stereocenters. The Labute approximate surface area is 330 Å². The summed E-state index contributed by atoms with van der Waals surface area (Å²) in [5, 5.41) is 0. The van der Waals surface area contributed by atoms with Crippen LogP contribution in [0.2, 0.25) is 0 Å². The number of para-hydroxylation sites is 2. The molecule has 10 aromatic rings. The normalized spacial score (nSPS) is 13.3. The Balaban J connectivity index is 0.989. The number of hydrogen-bond donors (Lipinski definition) is 0. The summed E-state index contributed by atoms with van der Waals surface area (Å²) in [4.78, 5) is 9.23. The first-order valence-electron chi connectivity index (χ1n) is 19.0. The van der Waals surface area contributed by atoms with Crippen molar-refractivity contribution in [3.8, 4) is 67.8 Å². The van der Waals surface area contributed by atoms with Crippen LogP contribution in [0.15, 0.2) is 179 Å². The molecule has 12 rings (SSSR count). The van der Waals surface area contributed by atoms with Crippen molar-refractivity contribution >= 4 is 22.2 Å². The van der Waals surface area contributed by atoms with Crippen LogP contribution in [0.25, 0.3) is 78.5 Å². The van der Waals surface area contributed by atoms with Crippen LogP contribution < -0.4 is 4.74 Å². The summed E-state index contributed by atoms with van der Waals surface area (Å²) in [5.74, 6) is 1.57. The predicted octanol–water partition coefficient (Wildman–Crippen LogP) is 13.4. The van der Waals surface area contributed by atoms with Crippen LogP contribution in [-0.4, -0.2) is 9.97 Å². The molecule has 1 spiro atoms. The average molecular weight is 755 g/mol. The Kier molecular flexibility index (Phi) is 6.84. The molecule has 3 heterocycles. The first-order valence-corrected chi connectivity index (χ1v) is 19.0. The van der Waals surface area contributed by atoms with Gasteiger partial charge in [-0.05, 0) is 105 Å². The molecule has 8 aromatic carbocycles. The molecule has 5 nitrogen and oxygen atoms in total. The topological polar surface area (TPSA) is 61.3 Å². The van der Waals surface area contributed by atoms with Crippen molar-refractivity contribution in [3.05, 3.63) is 204 Å². The molecular formula is C51H28F2N2O3. The molecule has 0 fully saturated rings.